The van der Waals surface area contributed by atoms with Crippen molar-refractivity contribution in [1.82, 2.24) is 4.90 Å². The molecule has 0 aromatic rings. The van der Waals surface area contributed by atoms with Crippen molar-refractivity contribution in [2.45, 2.75) is 26.3 Å². The molecule has 13 heavy (non-hydrogen) atoms. The lowest BCUT2D eigenvalue weighted by molar-refractivity contribution is -0.140. The average molecular weight is 189 g/mol. The quantitative estimate of drug-likeness (QED) is 0.674. The van der Waals surface area contributed by atoms with Crippen LogP contribution in [0.4, 0.5) is 0 Å². The summed E-state index contributed by atoms with van der Waals surface area (Å²) < 4.78 is 4.98. The lowest BCUT2D eigenvalue weighted by atomic mass is 10.1. The summed E-state index contributed by atoms with van der Waals surface area (Å²) >= 11 is 0. The molecule has 1 amide bonds. The minimum absolute atomic E-state index is 0.0542. The van der Waals surface area contributed by atoms with E-state index in [4.69, 9.17) is 9.84 Å². The van der Waals surface area contributed by atoms with E-state index in [2.05, 4.69) is 0 Å². The number of likely N-dealkylation sites (N-methyl/N-ethyl adjacent to an activating group) is 1. The number of carbonyl (C=O) groups excluding carboxylic acids is 1. The summed E-state index contributed by atoms with van der Waals surface area (Å²) in [4.78, 5) is 12.9. The van der Waals surface area contributed by atoms with Gasteiger partial charge in [-0.15, -0.1) is 0 Å². The van der Waals surface area contributed by atoms with Crippen LogP contribution in [0.2, 0.25) is 0 Å². The van der Waals surface area contributed by atoms with E-state index in [0.29, 0.717) is 6.61 Å². The molecule has 0 fully saturated rings. The zero-order valence-corrected chi connectivity index (χ0v) is 8.83. The Morgan fingerprint density at radius 3 is 2.46 bits per heavy atom. The Labute approximate surface area is 79.5 Å². The lowest BCUT2D eigenvalue weighted by Gasteiger charge is -2.33. The van der Waals surface area contributed by atoms with E-state index in [0.717, 1.165) is 0 Å². The molecule has 0 saturated carbocycles. The van der Waals surface area contributed by atoms with Gasteiger partial charge in [0.2, 0.25) is 5.91 Å². The molecule has 0 aliphatic heterocycles. The summed E-state index contributed by atoms with van der Waals surface area (Å²) in [6, 6.07) is 0. The summed E-state index contributed by atoms with van der Waals surface area (Å²) in [7, 11) is 1.66. The molecule has 4 nitrogen and oxygen atoms in total. The van der Waals surface area contributed by atoms with Crippen LogP contribution in [-0.4, -0.2) is 48.3 Å². The van der Waals surface area contributed by atoms with E-state index in [1.54, 1.807) is 20.9 Å². The third-order valence-corrected chi connectivity index (χ3v) is 2.10. The third-order valence-electron chi connectivity index (χ3n) is 2.10. The van der Waals surface area contributed by atoms with Crippen molar-refractivity contribution in [3.05, 3.63) is 0 Å². The number of amides is 1. The van der Waals surface area contributed by atoms with Crippen LogP contribution in [0.25, 0.3) is 0 Å². The fourth-order valence-corrected chi connectivity index (χ4v) is 0.730. The number of aliphatic hydroxyl groups is 1. The maximum atomic E-state index is 11.4. The van der Waals surface area contributed by atoms with E-state index in [1.807, 2.05) is 6.92 Å². The van der Waals surface area contributed by atoms with Crippen molar-refractivity contribution in [2.24, 2.45) is 0 Å². The topological polar surface area (TPSA) is 49.8 Å². The van der Waals surface area contributed by atoms with Gasteiger partial charge in [0.1, 0.15) is 6.61 Å². The second kappa shape index (κ2) is 5.19. The molecule has 0 aliphatic carbocycles. The van der Waals surface area contributed by atoms with Gasteiger partial charge < -0.3 is 14.7 Å². The van der Waals surface area contributed by atoms with Crippen molar-refractivity contribution in [1.29, 1.82) is 0 Å². The van der Waals surface area contributed by atoms with Crippen molar-refractivity contribution in [3.63, 3.8) is 0 Å². The number of aliphatic hydroxyl groups excluding tert-OH is 1. The zero-order valence-electron chi connectivity index (χ0n) is 8.83. The molecule has 0 atom stereocenters. The van der Waals surface area contributed by atoms with Gasteiger partial charge in [0.05, 0.1) is 12.1 Å². The number of carbonyl (C=O) groups is 1. The first kappa shape index (κ1) is 12.4. The molecule has 78 valence electrons. The number of nitrogens with zero attached hydrogens (tertiary/aromatic N) is 1. The highest BCUT2D eigenvalue weighted by atomic mass is 16.5. The van der Waals surface area contributed by atoms with Gasteiger partial charge in [0.25, 0.3) is 0 Å². The second-order valence-electron chi connectivity index (χ2n) is 3.56. The molecular formula is C9H19NO3. The van der Waals surface area contributed by atoms with E-state index < -0.39 is 5.54 Å². The molecule has 0 saturated heterocycles. The van der Waals surface area contributed by atoms with E-state index in [9.17, 15) is 4.79 Å². The first-order chi connectivity index (χ1) is 5.95. The Morgan fingerprint density at radius 1 is 1.54 bits per heavy atom. The lowest BCUT2D eigenvalue weighted by Crippen LogP contribution is -2.48. The van der Waals surface area contributed by atoms with Crippen molar-refractivity contribution >= 4 is 5.91 Å². The Hall–Kier alpha value is -0.610. The first-order valence-corrected chi connectivity index (χ1v) is 4.41. The van der Waals surface area contributed by atoms with Gasteiger partial charge in [0, 0.05) is 13.7 Å². The van der Waals surface area contributed by atoms with Crippen molar-refractivity contribution in [2.75, 3.05) is 26.9 Å². The Balaban J connectivity index is 4.09. The standard InChI is InChI=1S/C9H19NO3/c1-5-13-6-8(12)10(4)9(2,3)7-11/h11H,5-7H2,1-4H3. The van der Waals surface area contributed by atoms with E-state index in [-0.39, 0.29) is 19.1 Å². The normalized spacial score (nSPS) is 11.5. The first-order valence-electron chi connectivity index (χ1n) is 4.41. The van der Waals surface area contributed by atoms with Crippen LogP contribution in [0.1, 0.15) is 20.8 Å². The highest BCUT2D eigenvalue weighted by Crippen LogP contribution is 2.10. The van der Waals surface area contributed by atoms with Crippen LogP contribution in [-0.2, 0) is 9.53 Å². The highest BCUT2D eigenvalue weighted by Gasteiger charge is 2.26. The van der Waals surface area contributed by atoms with Crippen LogP contribution in [0, 0.1) is 0 Å². The predicted octanol–water partition coefficient (Wildman–Crippen LogP) is 0.252. The van der Waals surface area contributed by atoms with Gasteiger partial charge >= 0.3 is 0 Å². The van der Waals surface area contributed by atoms with Crippen LogP contribution < -0.4 is 0 Å². The molecule has 0 bridgehead atoms. The molecule has 1 N–H and O–H groups in total. The minimum atomic E-state index is -0.520. The summed E-state index contributed by atoms with van der Waals surface area (Å²) in [5.41, 5.74) is -0.520. The summed E-state index contributed by atoms with van der Waals surface area (Å²) in [5.74, 6) is -0.110. The smallest absolute Gasteiger partial charge is 0.248 e. The third kappa shape index (κ3) is 3.74. The van der Waals surface area contributed by atoms with Gasteiger partial charge in [0.15, 0.2) is 0 Å². The molecule has 0 spiro atoms. The number of hydrogen-bond donors (Lipinski definition) is 1. The van der Waals surface area contributed by atoms with Crippen LogP contribution >= 0.6 is 0 Å². The summed E-state index contributed by atoms with van der Waals surface area (Å²) in [6.45, 7) is 6.00. The molecule has 0 radical (unpaired) electrons. The van der Waals surface area contributed by atoms with E-state index in [1.165, 1.54) is 4.90 Å². The Kier molecular flexibility index (Phi) is 4.95. The summed E-state index contributed by atoms with van der Waals surface area (Å²) in [6.07, 6.45) is 0. The maximum Gasteiger partial charge on any atom is 0.248 e. The molecule has 0 rings (SSSR count). The van der Waals surface area contributed by atoms with Gasteiger partial charge in [-0.05, 0) is 20.8 Å². The molecule has 0 aromatic heterocycles. The molecular weight excluding hydrogens is 170 g/mol. The number of ether oxygens (including phenoxy) is 1. The fraction of sp³-hybridized carbons (Fsp3) is 0.889. The van der Waals surface area contributed by atoms with E-state index >= 15 is 0 Å². The van der Waals surface area contributed by atoms with Crippen molar-refractivity contribution < 1.29 is 14.6 Å². The molecule has 0 heterocycles. The number of hydrogen-bond acceptors (Lipinski definition) is 3. The van der Waals surface area contributed by atoms with Gasteiger partial charge in [-0.25, -0.2) is 0 Å². The van der Waals surface area contributed by atoms with Crippen LogP contribution in [0.15, 0.2) is 0 Å². The highest BCUT2D eigenvalue weighted by molar-refractivity contribution is 5.77. The monoisotopic (exact) mass is 189 g/mol. The summed E-state index contributed by atoms with van der Waals surface area (Å²) in [5, 5.41) is 9.00. The Morgan fingerprint density at radius 2 is 2.08 bits per heavy atom. The predicted molar refractivity (Wildman–Crippen MR) is 50.4 cm³/mol. The van der Waals surface area contributed by atoms with Gasteiger partial charge in [-0.1, -0.05) is 0 Å². The largest absolute Gasteiger partial charge is 0.394 e. The van der Waals surface area contributed by atoms with Gasteiger partial charge in [-0.3, -0.25) is 4.79 Å². The zero-order chi connectivity index (χ0) is 10.5. The van der Waals surface area contributed by atoms with Crippen molar-refractivity contribution in [3.8, 4) is 0 Å². The molecule has 0 unspecified atom stereocenters. The minimum Gasteiger partial charge on any atom is -0.394 e. The number of rotatable bonds is 5. The Bertz CT molecular complexity index is 168. The molecule has 0 aliphatic rings. The van der Waals surface area contributed by atoms with Crippen LogP contribution in [0.5, 0.6) is 0 Å². The fourth-order valence-electron chi connectivity index (χ4n) is 0.730. The maximum absolute atomic E-state index is 11.4. The SMILES string of the molecule is CCOCC(=O)N(C)C(C)(C)CO. The molecule has 4 heteroatoms. The average Bonchev–Trinajstić information content (AvgIpc) is 2.12. The van der Waals surface area contributed by atoms with Gasteiger partial charge in [-0.2, -0.15) is 0 Å². The van der Waals surface area contributed by atoms with Crippen LogP contribution in [0.3, 0.4) is 0 Å². The second-order valence-corrected chi connectivity index (χ2v) is 3.56. The molecule has 0 aromatic carbocycles.